The first-order chi connectivity index (χ1) is 8.97. The molecular formula is C11H12FNO6. The maximum absolute atomic E-state index is 13.3. The molecule has 19 heavy (non-hydrogen) atoms. The first kappa shape index (κ1) is 14.8. The van der Waals surface area contributed by atoms with Gasteiger partial charge in [0.1, 0.15) is 5.82 Å². The summed E-state index contributed by atoms with van der Waals surface area (Å²) in [5, 5.41) is 19.5. The van der Waals surface area contributed by atoms with Crippen LogP contribution in [-0.2, 0) is 4.74 Å². The molecule has 7 nitrogen and oxygen atoms in total. The van der Waals surface area contributed by atoms with Crippen molar-refractivity contribution in [2.75, 3.05) is 20.3 Å². The maximum atomic E-state index is 13.3. The molecule has 0 fully saturated rings. The van der Waals surface area contributed by atoms with Gasteiger partial charge < -0.3 is 14.6 Å². The van der Waals surface area contributed by atoms with Crippen molar-refractivity contribution in [1.29, 1.82) is 0 Å². The zero-order chi connectivity index (χ0) is 14.4. The van der Waals surface area contributed by atoms with E-state index < -0.39 is 28.0 Å². The van der Waals surface area contributed by atoms with E-state index in [4.69, 9.17) is 14.6 Å². The van der Waals surface area contributed by atoms with Gasteiger partial charge >= 0.3 is 11.7 Å². The third-order valence-electron chi connectivity index (χ3n) is 2.23. The molecule has 0 unspecified atom stereocenters. The fourth-order valence-electron chi connectivity index (χ4n) is 1.35. The zero-order valence-corrected chi connectivity index (χ0v) is 10.1. The number of ether oxygens (including phenoxy) is 2. The summed E-state index contributed by atoms with van der Waals surface area (Å²) in [5.41, 5.74) is -1.28. The Bertz CT molecular complexity index is 490. The molecule has 8 heteroatoms. The van der Waals surface area contributed by atoms with Crippen LogP contribution in [0, 0.1) is 15.9 Å². The van der Waals surface area contributed by atoms with Gasteiger partial charge in [0.2, 0.25) is 0 Å². The number of methoxy groups -OCH3 is 1. The van der Waals surface area contributed by atoms with E-state index in [9.17, 15) is 19.3 Å². The average molecular weight is 273 g/mol. The fraction of sp³-hybridized carbons (Fsp3) is 0.364. The molecular weight excluding hydrogens is 261 g/mol. The minimum atomic E-state index is -1.52. The van der Waals surface area contributed by atoms with Gasteiger partial charge in [-0.2, -0.15) is 0 Å². The Morgan fingerprint density at radius 3 is 2.68 bits per heavy atom. The summed E-state index contributed by atoms with van der Waals surface area (Å²) in [5.74, 6) is -2.97. The van der Waals surface area contributed by atoms with Gasteiger partial charge in [0, 0.05) is 26.2 Å². The van der Waals surface area contributed by atoms with Crippen LogP contribution in [0.2, 0.25) is 0 Å². The first-order valence-corrected chi connectivity index (χ1v) is 5.30. The molecule has 0 aromatic heterocycles. The number of carboxylic acids is 1. The predicted octanol–water partition coefficient (Wildman–Crippen LogP) is 1.85. The number of carbonyl (C=O) groups is 1. The predicted molar refractivity (Wildman–Crippen MR) is 62.0 cm³/mol. The van der Waals surface area contributed by atoms with Crippen LogP contribution in [0.3, 0.4) is 0 Å². The minimum Gasteiger partial charge on any atom is -0.487 e. The monoisotopic (exact) mass is 273 g/mol. The summed E-state index contributed by atoms with van der Waals surface area (Å²) in [6.07, 6.45) is 0.466. The average Bonchev–Trinajstić information content (AvgIpc) is 2.35. The van der Waals surface area contributed by atoms with Crippen molar-refractivity contribution in [3.63, 3.8) is 0 Å². The second kappa shape index (κ2) is 6.64. The molecule has 1 rings (SSSR count). The topological polar surface area (TPSA) is 98.9 Å². The van der Waals surface area contributed by atoms with Crippen molar-refractivity contribution in [3.05, 3.63) is 33.6 Å². The molecule has 0 spiro atoms. The van der Waals surface area contributed by atoms with Crippen LogP contribution in [0.15, 0.2) is 12.1 Å². The quantitative estimate of drug-likeness (QED) is 0.462. The third kappa shape index (κ3) is 3.88. The number of hydrogen-bond donors (Lipinski definition) is 1. The van der Waals surface area contributed by atoms with Crippen molar-refractivity contribution < 1.29 is 28.7 Å². The summed E-state index contributed by atoms with van der Waals surface area (Å²) < 4.78 is 23.2. The van der Waals surface area contributed by atoms with E-state index in [1.165, 1.54) is 7.11 Å². The first-order valence-electron chi connectivity index (χ1n) is 5.30. The van der Waals surface area contributed by atoms with Crippen LogP contribution < -0.4 is 4.74 Å². The van der Waals surface area contributed by atoms with Gasteiger partial charge in [-0.3, -0.25) is 10.1 Å². The standard InChI is InChI=1S/C11H12FNO6/c1-18-3-2-4-19-10-5-7(11(14)15)8(12)6-9(10)13(16)17/h5-6H,2-4H2,1H3,(H,14,15). The highest BCUT2D eigenvalue weighted by molar-refractivity contribution is 5.89. The maximum Gasteiger partial charge on any atom is 0.338 e. The van der Waals surface area contributed by atoms with Crippen molar-refractivity contribution in [3.8, 4) is 5.75 Å². The number of rotatable bonds is 7. The molecule has 0 amide bonds. The van der Waals surface area contributed by atoms with Gasteiger partial charge in [0.25, 0.3) is 0 Å². The van der Waals surface area contributed by atoms with Crippen molar-refractivity contribution in [1.82, 2.24) is 0 Å². The fourth-order valence-corrected chi connectivity index (χ4v) is 1.35. The molecule has 1 N–H and O–H groups in total. The molecule has 0 atom stereocenters. The molecule has 104 valence electrons. The molecule has 1 aromatic carbocycles. The SMILES string of the molecule is COCCCOc1cc(C(=O)O)c(F)cc1[N+](=O)[O-]. The summed E-state index contributed by atoms with van der Waals surface area (Å²) in [6.45, 7) is 0.486. The molecule has 0 saturated heterocycles. The van der Waals surface area contributed by atoms with Gasteiger partial charge in [-0.1, -0.05) is 0 Å². The molecule has 0 heterocycles. The van der Waals surface area contributed by atoms with Crippen LogP contribution in [0.1, 0.15) is 16.8 Å². The normalized spacial score (nSPS) is 10.2. The van der Waals surface area contributed by atoms with Crippen molar-refractivity contribution in [2.45, 2.75) is 6.42 Å². The number of hydrogen-bond acceptors (Lipinski definition) is 5. The van der Waals surface area contributed by atoms with Crippen LogP contribution in [0.5, 0.6) is 5.75 Å². The van der Waals surface area contributed by atoms with E-state index in [-0.39, 0.29) is 12.4 Å². The Morgan fingerprint density at radius 1 is 1.47 bits per heavy atom. The number of carboxylic acid groups (broad SMARTS) is 1. The zero-order valence-electron chi connectivity index (χ0n) is 10.1. The number of benzene rings is 1. The molecule has 0 bridgehead atoms. The number of nitro groups is 1. The number of nitrogens with zero attached hydrogens (tertiary/aromatic N) is 1. The third-order valence-corrected chi connectivity index (χ3v) is 2.23. The van der Waals surface area contributed by atoms with E-state index >= 15 is 0 Å². The second-order valence-corrected chi connectivity index (χ2v) is 3.56. The molecule has 0 aliphatic rings. The number of aromatic carboxylic acids is 1. The highest BCUT2D eigenvalue weighted by Crippen LogP contribution is 2.30. The Morgan fingerprint density at radius 2 is 2.16 bits per heavy atom. The largest absolute Gasteiger partial charge is 0.487 e. The van der Waals surface area contributed by atoms with Crippen molar-refractivity contribution >= 4 is 11.7 Å². The molecule has 1 aromatic rings. The van der Waals surface area contributed by atoms with Crippen LogP contribution >= 0.6 is 0 Å². The van der Waals surface area contributed by atoms with Gasteiger partial charge in [-0.05, 0) is 0 Å². The lowest BCUT2D eigenvalue weighted by molar-refractivity contribution is -0.386. The van der Waals surface area contributed by atoms with Crippen LogP contribution in [-0.4, -0.2) is 36.3 Å². The van der Waals surface area contributed by atoms with E-state index in [2.05, 4.69) is 0 Å². The van der Waals surface area contributed by atoms with Gasteiger partial charge in [-0.25, -0.2) is 9.18 Å². The van der Waals surface area contributed by atoms with Crippen molar-refractivity contribution in [2.24, 2.45) is 0 Å². The molecule has 0 aliphatic carbocycles. The van der Waals surface area contributed by atoms with Gasteiger partial charge in [0.15, 0.2) is 5.75 Å². The summed E-state index contributed by atoms with van der Waals surface area (Å²) in [7, 11) is 1.49. The number of nitro benzene ring substituents is 1. The molecule has 0 saturated carbocycles. The lowest BCUT2D eigenvalue weighted by Crippen LogP contribution is -2.07. The molecule has 0 radical (unpaired) electrons. The Hall–Kier alpha value is -2.22. The lowest BCUT2D eigenvalue weighted by Gasteiger charge is -2.08. The van der Waals surface area contributed by atoms with Crippen LogP contribution in [0.4, 0.5) is 10.1 Å². The Kier molecular flexibility index (Phi) is 5.19. The van der Waals surface area contributed by atoms with E-state index in [1.54, 1.807) is 0 Å². The number of halogens is 1. The Balaban J connectivity index is 3.01. The highest BCUT2D eigenvalue weighted by Gasteiger charge is 2.22. The van der Waals surface area contributed by atoms with E-state index in [0.29, 0.717) is 19.1 Å². The molecule has 0 aliphatic heterocycles. The van der Waals surface area contributed by atoms with Crippen LogP contribution in [0.25, 0.3) is 0 Å². The smallest absolute Gasteiger partial charge is 0.338 e. The summed E-state index contributed by atoms with van der Waals surface area (Å²) >= 11 is 0. The minimum absolute atomic E-state index is 0.0966. The lowest BCUT2D eigenvalue weighted by atomic mass is 10.1. The van der Waals surface area contributed by atoms with E-state index in [0.717, 1.165) is 6.07 Å². The summed E-state index contributed by atoms with van der Waals surface area (Å²) in [4.78, 5) is 20.6. The van der Waals surface area contributed by atoms with Gasteiger partial charge in [-0.15, -0.1) is 0 Å². The van der Waals surface area contributed by atoms with Gasteiger partial charge in [0.05, 0.1) is 23.2 Å². The Labute approximate surface area is 107 Å². The van der Waals surface area contributed by atoms with E-state index in [1.807, 2.05) is 0 Å². The highest BCUT2D eigenvalue weighted by atomic mass is 19.1. The summed E-state index contributed by atoms with van der Waals surface area (Å²) in [6, 6.07) is 1.34. The second-order valence-electron chi connectivity index (χ2n) is 3.56.